The number of rotatable bonds is 4. The van der Waals surface area contributed by atoms with Crippen LogP contribution in [0.4, 0.5) is 0 Å². The Morgan fingerprint density at radius 1 is 1.04 bits per heavy atom. The fraction of sp³-hybridized carbons (Fsp3) is 0.0556. The van der Waals surface area contributed by atoms with Crippen molar-refractivity contribution < 1.29 is 8.42 Å². The molecule has 4 nitrogen and oxygen atoms in total. The predicted molar refractivity (Wildman–Crippen MR) is 97.4 cm³/mol. The Balaban J connectivity index is 2.07. The normalized spacial score (nSPS) is 11.4. The molecule has 0 aliphatic rings. The van der Waals surface area contributed by atoms with Crippen LogP contribution < -0.4 is 5.73 Å². The molecule has 2 aromatic carbocycles. The van der Waals surface area contributed by atoms with Gasteiger partial charge in [-0.15, -0.1) is 11.3 Å². The number of thiophene rings is 1. The second-order valence-electron chi connectivity index (χ2n) is 5.41. The molecule has 0 aliphatic heterocycles. The number of benzene rings is 2. The summed E-state index contributed by atoms with van der Waals surface area (Å²) in [6.07, 6.45) is 0. The van der Waals surface area contributed by atoms with Crippen LogP contribution in [0.5, 0.6) is 0 Å². The van der Waals surface area contributed by atoms with Crippen LogP contribution in [-0.2, 0) is 9.84 Å². The Bertz CT molecular complexity index is 1020. The van der Waals surface area contributed by atoms with E-state index in [4.69, 9.17) is 11.1 Å². The molecule has 0 aliphatic carbocycles. The molecule has 0 atom stereocenters. The minimum Gasteiger partial charge on any atom is -0.383 e. The third-order valence-electron chi connectivity index (χ3n) is 3.75. The van der Waals surface area contributed by atoms with Gasteiger partial charge < -0.3 is 5.73 Å². The summed E-state index contributed by atoms with van der Waals surface area (Å²) >= 11 is 1.15. The molecule has 0 radical (unpaired) electrons. The molecule has 3 N–H and O–H groups in total. The van der Waals surface area contributed by atoms with Crippen LogP contribution in [0.15, 0.2) is 69.8 Å². The van der Waals surface area contributed by atoms with E-state index in [1.807, 2.05) is 37.3 Å². The first-order chi connectivity index (χ1) is 11.4. The zero-order valence-electron chi connectivity index (χ0n) is 13.0. The van der Waals surface area contributed by atoms with Crippen molar-refractivity contribution in [2.24, 2.45) is 5.73 Å². The van der Waals surface area contributed by atoms with E-state index in [-0.39, 0.29) is 15.6 Å². The molecule has 0 saturated heterocycles. The molecule has 0 bridgehead atoms. The van der Waals surface area contributed by atoms with E-state index >= 15 is 0 Å². The lowest BCUT2D eigenvalue weighted by Gasteiger charge is -2.08. The molecule has 0 spiro atoms. The van der Waals surface area contributed by atoms with Gasteiger partial charge in [-0.3, -0.25) is 5.41 Å². The van der Waals surface area contributed by atoms with Crippen molar-refractivity contribution in [2.45, 2.75) is 16.7 Å². The average Bonchev–Trinajstić information content (AvgIpc) is 3.06. The summed E-state index contributed by atoms with van der Waals surface area (Å²) < 4.78 is 25.7. The molecular weight excluding hydrogens is 340 g/mol. The molecule has 1 aromatic heterocycles. The van der Waals surface area contributed by atoms with Gasteiger partial charge in [-0.25, -0.2) is 8.42 Å². The maximum atomic E-state index is 12.8. The van der Waals surface area contributed by atoms with Gasteiger partial charge >= 0.3 is 0 Å². The largest absolute Gasteiger partial charge is 0.383 e. The summed E-state index contributed by atoms with van der Waals surface area (Å²) in [5, 5.41) is 8.94. The van der Waals surface area contributed by atoms with Gasteiger partial charge in [0, 0.05) is 5.38 Å². The van der Waals surface area contributed by atoms with Crippen molar-refractivity contribution in [2.75, 3.05) is 0 Å². The van der Waals surface area contributed by atoms with Crippen LogP contribution in [0, 0.1) is 12.3 Å². The molecule has 0 fully saturated rings. The lowest BCUT2D eigenvalue weighted by Crippen LogP contribution is -2.08. The van der Waals surface area contributed by atoms with Gasteiger partial charge in [-0.1, -0.05) is 36.4 Å². The second kappa shape index (κ2) is 6.22. The van der Waals surface area contributed by atoms with Crippen molar-refractivity contribution >= 4 is 27.0 Å². The van der Waals surface area contributed by atoms with Crippen LogP contribution in [0.1, 0.15) is 10.4 Å². The van der Waals surface area contributed by atoms with Gasteiger partial charge in [0.15, 0.2) is 0 Å². The minimum atomic E-state index is -3.64. The van der Waals surface area contributed by atoms with Crippen molar-refractivity contribution in [3.8, 4) is 11.1 Å². The number of nitrogens with two attached hydrogens (primary N) is 1. The van der Waals surface area contributed by atoms with Crippen LogP contribution in [0.2, 0.25) is 0 Å². The molecule has 0 amide bonds. The van der Waals surface area contributed by atoms with E-state index in [0.29, 0.717) is 4.88 Å². The smallest absolute Gasteiger partial charge is 0.207 e. The molecule has 6 heteroatoms. The SMILES string of the molecule is Cc1ccccc1-c1cccc(S(=O)(=O)c2csc(C(=N)N)c2)c1. The highest BCUT2D eigenvalue weighted by Gasteiger charge is 2.20. The first-order valence-electron chi connectivity index (χ1n) is 7.23. The van der Waals surface area contributed by atoms with Crippen LogP contribution >= 0.6 is 11.3 Å². The first-order valence-corrected chi connectivity index (χ1v) is 9.60. The summed E-state index contributed by atoms with van der Waals surface area (Å²) in [5.41, 5.74) is 8.37. The van der Waals surface area contributed by atoms with Gasteiger partial charge in [-0.05, 0) is 41.8 Å². The van der Waals surface area contributed by atoms with E-state index < -0.39 is 9.84 Å². The number of hydrogen-bond donors (Lipinski definition) is 2. The van der Waals surface area contributed by atoms with E-state index in [9.17, 15) is 8.42 Å². The highest BCUT2D eigenvalue weighted by atomic mass is 32.2. The predicted octanol–water partition coefficient (Wildman–Crippen LogP) is 3.84. The average molecular weight is 356 g/mol. The van der Waals surface area contributed by atoms with Gasteiger partial charge in [0.2, 0.25) is 9.84 Å². The second-order valence-corrected chi connectivity index (χ2v) is 8.27. The molecule has 0 saturated carbocycles. The zero-order valence-corrected chi connectivity index (χ0v) is 14.6. The van der Waals surface area contributed by atoms with Crippen molar-refractivity contribution in [1.29, 1.82) is 5.41 Å². The Morgan fingerprint density at radius 3 is 2.46 bits per heavy atom. The van der Waals surface area contributed by atoms with E-state index in [2.05, 4.69) is 0 Å². The van der Waals surface area contributed by atoms with E-state index in [1.165, 1.54) is 11.4 Å². The standard InChI is InChI=1S/C18H16N2O2S2/c1-12-5-2-3-8-16(12)13-6-4-7-14(9-13)24(21,22)15-10-17(18(19)20)23-11-15/h2-11H,1H3,(H3,19,20). The highest BCUT2D eigenvalue weighted by Crippen LogP contribution is 2.30. The summed E-state index contributed by atoms with van der Waals surface area (Å²) in [4.78, 5) is 0.847. The summed E-state index contributed by atoms with van der Waals surface area (Å²) in [5.74, 6) is -0.130. The lowest BCUT2D eigenvalue weighted by molar-refractivity contribution is 0.596. The minimum absolute atomic E-state index is 0.130. The third-order valence-corrected chi connectivity index (χ3v) is 6.60. The summed E-state index contributed by atoms with van der Waals surface area (Å²) in [6.45, 7) is 1.99. The topological polar surface area (TPSA) is 84.0 Å². The van der Waals surface area contributed by atoms with Gasteiger partial charge in [-0.2, -0.15) is 0 Å². The van der Waals surface area contributed by atoms with E-state index in [0.717, 1.165) is 28.0 Å². The van der Waals surface area contributed by atoms with Gasteiger partial charge in [0.25, 0.3) is 0 Å². The Hall–Kier alpha value is -2.44. The Kier molecular flexibility index (Phi) is 4.26. The fourth-order valence-electron chi connectivity index (χ4n) is 2.46. The molecular formula is C18H16N2O2S2. The summed E-state index contributed by atoms with van der Waals surface area (Å²) in [7, 11) is -3.64. The van der Waals surface area contributed by atoms with Crippen molar-refractivity contribution in [1.82, 2.24) is 0 Å². The zero-order chi connectivity index (χ0) is 17.3. The Morgan fingerprint density at radius 2 is 1.79 bits per heavy atom. The van der Waals surface area contributed by atoms with Crippen LogP contribution in [0.25, 0.3) is 11.1 Å². The first kappa shape index (κ1) is 16.4. The monoisotopic (exact) mass is 356 g/mol. The number of hydrogen-bond acceptors (Lipinski definition) is 4. The van der Waals surface area contributed by atoms with Crippen LogP contribution in [0.3, 0.4) is 0 Å². The molecule has 122 valence electrons. The third kappa shape index (κ3) is 2.98. The van der Waals surface area contributed by atoms with Crippen molar-refractivity contribution in [3.63, 3.8) is 0 Å². The molecule has 3 aromatic rings. The number of amidine groups is 1. The number of nitrogens with one attached hydrogen (secondary N) is 1. The number of nitrogen functional groups attached to an aromatic ring is 1. The lowest BCUT2D eigenvalue weighted by atomic mass is 10.0. The van der Waals surface area contributed by atoms with Crippen LogP contribution in [-0.4, -0.2) is 14.3 Å². The molecule has 3 rings (SSSR count). The number of aryl methyl sites for hydroxylation is 1. The molecule has 24 heavy (non-hydrogen) atoms. The maximum absolute atomic E-state index is 12.8. The van der Waals surface area contributed by atoms with Gasteiger partial charge in [0.05, 0.1) is 14.7 Å². The quantitative estimate of drug-likeness (QED) is 0.550. The highest BCUT2D eigenvalue weighted by molar-refractivity contribution is 7.91. The fourth-order valence-corrected chi connectivity index (χ4v) is 4.91. The number of sulfone groups is 1. The maximum Gasteiger partial charge on any atom is 0.207 e. The van der Waals surface area contributed by atoms with Gasteiger partial charge in [0.1, 0.15) is 5.84 Å². The summed E-state index contributed by atoms with van der Waals surface area (Å²) in [6, 6.07) is 16.2. The Labute approximate surface area is 145 Å². The molecule has 1 heterocycles. The van der Waals surface area contributed by atoms with Crippen molar-refractivity contribution in [3.05, 3.63) is 70.4 Å². The molecule has 0 unspecified atom stereocenters. The van der Waals surface area contributed by atoms with E-state index in [1.54, 1.807) is 18.2 Å².